The smallest absolute Gasteiger partial charge is 0.221 e. The van der Waals surface area contributed by atoms with Gasteiger partial charge in [0, 0.05) is 25.9 Å². The van der Waals surface area contributed by atoms with Crippen molar-refractivity contribution in [3.63, 3.8) is 0 Å². The highest BCUT2D eigenvalue weighted by molar-refractivity contribution is 5.79. The zero-order chi connectivity index (χ0) is 9.40. The Kier molecular flexibility index (Phi) is 5.61. The van der Waals surface area contributed by atoms with Crippen LogP contribution in [-0.4, -0.2) is 19.2 Å². The van der Waals surface area contributed by atoms with Crippen molar-refractivity contribution in [2.45, 2.75) is 13.8 Å². The average molecular weight is 166 g/mol. The lowest BCUT2D eigenvalue weighted by molar-refractivity contribution is -0.118. The maximum Gasteiger partial charge on any atom is 0.221 e. The van der Waals surface area contributed by atoms with Crippen molar-refractivity contribution in [1.29, 1.82) is 0 Å². The number of allylic oxidation sites excluding steroid dienone is 3. The van der Waals surface area contributed by atoms with E-state index in [0.29, 0.717) is 0 Å². The second-order valence-electron chi connectivity index (χ2n) is 2.21. The van der Waals surface area contributed by atoms with Gasteiger partial charge in [0.25, 0.3) is 0 Å². The maximum atomic E-state index is 10.7. The minimum Gasteiger partial charge on any atom is -0.326 e. The van der Waals surface area contributed by atoms with Gasteiger partial charge in [-0.25, -0.2) is 0 Å². The number of carbonyl (C=O) groups is 1. The molecule has 0 fully saturated rings. The second-order valence-corrected chi connectivity index (χ2v) is 2.21. The van der Waals surface area contributed by atoms with E-state index in [9.17, 15) is 4.79 Å². The number of aliphatic imine (C=N–C) groups is 1. The largest absolute Gasteiger partial charge is 0.326 e. The molecule has 66 valence electrons. The van der Waals surface area contributed by atoms with Gasteiger partial charge >= 0.3 is 0 Å². The van der Waals surface area contributed by atoms with Crippen molar-refractivity contribution < 1.29 is 4.79 Å². The lowest BCUT2D eigenvalue weighted by atomic mass is 10.3. The molecular formula is C9H14N2O. The van der Waals surface area contributed by atoms with Crippen LogP contribution in [-0.2, 0) is 4.79 Å². The number of hydrogen-bond acceptors (Lipinski definition) is 2. The Labute approximate surface area is 72.9 Å². The first-order valence-electron chi connectivity index (χ1n) is 3.73. The number of nitrogens with zero attached hydrogens (tertiary/aromatic N) is 1. The molecule has 3 nitrogen and oxygen atoms in total. The highest BCUT2D eigenvalue weighted by Gasteiger charge is 1.91. The summed E-state index contributed by atoms with van der Waals surface area (Å²) in [6.45, 7) is 3.36. The predicted molar refractivity (Wildman–Crippen MR) is 51.1 cm³/mol. The van der Waals surface area contributed by atoms with Gasteiger partial charge in [0.15, 0.2) is 0 Å². The summed E-state index contributed by atoms with van der Waals surface area (Å²) in [4.78, 5) is 14.4. The van der Waals surface area contributed by atoms with Gasteiger partial charge in [0.05, 0.1) is 0 Å². The fraction of sp³-hybridized carbons (Fsp3) is 0.333. The number of rotatable bonds is 3. The molecule has 1 amide bonds. The van der Waals surface area contributed by atoms with Gasteiger partial charge in [0.2, 0.25) is 5.91 Å². The van der Waals surface area contributed by atoms with E-state index in [4.69, 9.17) is 0 Å². The molecule has 0 rings (SSSR count). The standard InChI is InChI=1S/C9H14N2O/c1-4-5-9(6-7-10-3)11-8(2)12/h4-7H,1-3H3,(H,11,12)/b5-4-,9-6+,10-7?. The summed E-state index contributed by atoms with van der Waals surface area (Å²) in [5, 5.41) is 2.66. The van der Waals surface area contributed by atoms with Crippen molar-refractivity contribution in [1.82, 2.24) is 5.32 Å². The molecule has 0 spiro atoms. The van der Waals surface area contributed by atoms with E-state index in [0.717, 1.165) is 5.70 Å². The van der Waals surface area contributed by atoms with Crippen LogP contribution >= 0.6 is 0 Å². The summed E-state index contributed by atoms with van der Waals surface area (Å²) in [5.41, 5.74) is 0.746. The lowest BCUT2D eigenvalue weighted by Gasteiger charge is -1.99. The molecule has 0 unspecified atom stereocenters. The van der Waals surface area contributed by atoms with Gasteiger partial charge in [-0.2, -0.15) is 0 Å². The van der Waals surface area contributed by atoms with Crippen LogP contribution in [0.15, 0.2) is 28.9 Å². The van der Waals surface area contributed by atoms with Gasteiger partial charge < -0.3 is 5.32 Å². The quantitative estimate of drug-likeness (QED) is 0.498. The second kappa shape index (κ2) is 6.34. The lowest BCUT2D eigenvalue weighted by Crippen LogP contribution is -2.17. The van der Waals surface area contributed by atoms with Crippen molar-refractivity contribution in [2.75, 3.05) is 7.05 Å². The zero-order valence-corrected chi connectivity index (χ0v) is 7.66. The predicted octanol–water partition coefficient (Wildman–Crippen LogP) is 1.28. The molecule has 0 aromatic rings. The minimum atomic E-state index is -0.0798. The summed E-state index contributed by atoms with van der Waals surface area (Å²) < 4.78 is 0. The van der Waals surface area contributed by atoms with Crippen molar-refractivity contribution >= 4 is 12.1 Å². The summed E-state index contributed by atoms with van der Waals surface area (Å²) >= 11 is 0. The zero-order valence-electron chi connectivity index (χ0n) is 7.66. The molecule has 0 atom stereocenters. The summed E-state index contributed by atoms with van der Waals surface area (Å²) in [6.07, 6.45) is 7.03. The molecule has 0 bridgehead atoms. The maximum absolute atomic E-state index is 10.7. The van der Waals surface area contributed by atoms with E-state index in [1.807, 2.05) is 19.1 Å². The van der Waals surface area contributed by atoms with E-state index in [-0.39, 0.29) is 5.91 Å². The number of hydrogen-bond donors (Lipinski definition) is 1. The van der Waals surface area contributed by atoms with E-state index in [1.54, 1.807) is 19.3 Å². The summed E-state index contributed by atoms with van der Waals surface area (Å²) in [6, 6.07) is 0. The van der Waals surface area contributed by atoms with Crippen LogP contribution in [0.1, 0.15) is 13.8 Å². The molecule has 3 heteroatoms. The molecule has 0 saturated carbocycles. The highest BCUT2D eigenvalue weighted by atomic mass is 16.1. The Morgan fingerprint density at radius 1 is 1.50 bits per heavy atom. The molecule has 0 heterocycles. The minimum absolute atomic E-state index is 0.0798. The first kappa shape index (κ1) is 10.6. The first-order chi connectivity index (χ1) is 5.70. The Hall–Kier alpha value is -1.38. The Balaban J connectivity index is 4.32. The molecule has 0 aliphatic heterocycles. The summed E-state index contributed by atoms with van der Waals surface area (Å²) in [5.74, 6) is -0.0798. The molecule has 0 aliphatic rings. The van der Waals surface area contributed by atoms with Crippen LogP contribution in [0, 0.1) is 0 Å². The van der Waals surface area contributed by atoms with Crippen molar-refractivity contribution in [3.8, 4) is 0 Å². The third-order valence-corrected chi connectivity index (χ3v) is 1.07. The number of amides is 1. The fourth-order valence-corrected chi connectivity index (χ4v) is 0.677. The Bertz CT molecular complexity index is 227. The van der Waals surface area contributed by atoms with Crippen LogP contribution in [0.3, 0.4) is 0 Å². The van der Waals surface area contributed by atoms with Crippen LogP contribution in [0.5, 0.6) is 0 Å². The van der Waals surface area contributed by atoms with E-state index in [1.165, 1.54) is 6.92 Å². The third kappa shape index (κ3) is 5.41. The Morgan fingerprint density at radius 3 is 2.58 bits per heavy atom. The number of nitrogens with one attached hydrogen (secondary N) is 1. The van der Waals surface area contributed by atoms with E-state index in [2.05, 4.69) is 10.3 Å². The molecule has 0 aromatic heterocycles. The number of carbonyl (C=O) groups excluding carboxylic acids is 1. The summed E-state index contributed by atoms with van der Waals surface area (Å²) in [7, 11) is 1.68. The molecule has 1 N–H and O–H groups in total. The Morgan fingerprint density at radius 2 is 2.17 bits per heavy atom. The molecule has 0 aromatic carbocycles. The normalized spacial score (nSPS) is 12.8. The van der Waals surface area contributed by atoms with Gasteiger partial charge in [0.1, 0.15) is 0 Å². The topological polar surface area (TPSA) is 41.5 Å². The van der Waals surface area contributed by atoms with Crippen molar-refractivity contribution in [2.24, 2.45) is 4.99 Å². The molecule has 12 heavy (non-hydrogen) atoms. The van der Waals surface area contributed by atoms with Crippen LogP contribution in [0.25, 0.3) is 0 Å². The molecular weight excluding hydrogens is 152 g/mol. The van der Waals surface area contributed by atoms with Gasteiger partial charge in [-0.15, -0.1) is 0 Å². The molecule has 0 radical (unpaired) electrons. The molecule has 0 aliphatic carbocycles. The van der Waals surface area contributed by atoms with E-state index >= 15 is 0 Å². The van der Waals surface area contributed by atoms with Gasteiger partial charge in [-0.05, 0) is 19.1 Å². The van der Waals surface area contributed by atoms with Gasteiger partial charge in [-0.3, -0.25) is 9.79 Å². The monoisotopic (exact) mass is 166 g/mol. The average Bonchev–Trinajstić information content (AvgIpc) is 2.00. The van der Waals surface area contributed by atoms with Crippen LogP contribution in [0.2, 0.25) is 0 Å². The van der Waals surface area contributed by atoms with Crippen LogP contribution in [0.4, 0.5) is 0 Å². The SMILES string of the molecule is C/C=C\C(=C/C=NC)NC(C)=O. The molecule has 0 saturated heterocycles. The fourth-order valence-electron chi connectivity index (χ4n) is 0.677. The third-order valence-electron chi connectivity index (χ3n) is 1.07. The highest BCUT2D eigenvalue weighted by Crippen LogP contribution is 1.89. The van der Waals surface area contributed by atoms with Crippen LogP contribution < -0.4 is 5.32 Å². The van der Waals surface area contributed by atoms with E-state index < -0.39 is 0 Å². The van der Waals surface area contributed by atoms with Gasteiger partial charge in [-0.1, -0.05) is 6.08 Å². The van der Waals surface area contributed by atoms with Crippen molar-refractivity contribution in [3.05, 3.63) is 23.9 Å². The first-order valence-corrected chi connectivity index (χ1v) is 3.73.